The van der Waals surface area contributed by atoms with Gasteiger partial charge in [-0.05, 0) is 24.3 Å². The van der Waals surface area contributed by atoms with Gasteiger partial charge in [0.05, 0.1) is 5.52 Å². The topological polar surface area (TPSA) is 36.0 Å². The van der Waals surface area contributed by atoms with Crippen molar-refractivity contribution in [2.24, 2.45) is 0 Å². The molecule has 0 aliphatic rings. The number of aromatic hydroxyl groups is 1. The van der Waals surface area contributed by atoms with Crippen LogP contribution in [0.5, 0.6) is 5.75 Å². The molecule has 1 heterocycles. The summed E-state index contributed by atoms with van der Waals surface area (Å²) in [4.78, 5) is 3.06. The molecule has 2 nitrogen and oxygen atoms in total. The highest BCUT2D eigenvalue weighted by molar-refractivity contribution is 6.08. The summed E-state index contributed by atoms with van der Waals surface area (Å²) in [6, 6.07) is 9.74. The number of rotatable bonds is 0. The lowest BCUT2D eigenvalue weighted by Crippen LogP contribution is -1.71. The molecule has 0 radical (unpaired) electrons. The zero-order chi connectivity index (χ0) is 10.4. The average Bonchev–Trinajstić information content (AvgIpc) is 2.58. The Hall–Kier alpha value is -2.03. The van der Waals surface area contributed by atoms with Gasteiger partial charge in [0.1, 0.15) is 11.6 Å². The zero-order valence-corrected chi connectivity index (χ0v) is 7.79. The summed E-state index contributed by atoms with van der Waals surface area (Å²) >= 11 is 0. The summed E-state index contributed by atoms with van der Waals surface area (Å²) in [6.07, 6.45) is 0. The van der Waals surface area contributed by atoms with Gasteiger partial charge < -0.3 is 10.1 Å². The molecule has 3 rings (SSSR count). The molecule has 0 bridgehead atoms. The van der Waals surface area contributed by atoms with Crippen LogP contribution in [0.15, 0.2) is 36.4 Å². The number of aromatic amines is 1. The van der Waals surface area contributed by atoms with Gasteiger partial charge in [0.15, 0.2) is 0 Å². The van der Waals surface area contributed by atoms with Crippen LogP contribution in [0.1, 0.15) is 0 Å². The van der Waals surface area contributed by atoms with Crippen molar-refractivity contribution in [3.63, 3.8) is 0 Å². The van der Waals surface area contributed by atoms with Gasteiger partial charge in [0.25, 0.3) is 0 Å². The van der Waals surface area contributed by atoms with Crippen molar-refractivity contribution >= 4 is 21.8 Å². The molecule has 74 valence electrons. The maximum Gasteiger partial charge on any atom is 0.139 e. The van der Waals surface area contributed by atoms with Crippen LogP contribution >= 0.6 is 0 Å². The Balaban J connectivity index is 2.58. The van der Waals surface area contributed by atoms with E-state index in [9.17, 15) is 9.50 Å². The minimum absolute atomic E-state index is 0.184. The van der Waals surface area contributed by atoms with E-state index in [0.717, 1.165) is 16.3 Å². The van der Waals surface area contributed by atoms with Crippen molar-refractivity contribution in [1.29, 1.82) is 0 Å². The Kier molecular flexibility index (Phi) is 1.51. The quantitative estimate of drug-likeness (QED) is 0.575. The van der Waals surface area contributed by atoms with Gasteiger partial charge in [0, 0.05) is 16.3 Å². The average molecular weight is 201 g/mol. The van der Waals surface area contributed by atoms with Crippen molar-refractivity contribution in [1.82, 2.24) is 4.98 Å². The molecule has 0 aliphatic heterocycles. The van der Waals surface area contributed by atoms with E-state index >= 15 is 0 Å². The van der Waals surface area contributed by atoms with E-state index in [2.05, 4.69) is 4.98 Å². The molecule has 2 aromatic carbocycles. The monoisotopic (exact) mass is 201 g/mol. The second-order valence-corrected chi connectivity index (χ2v) is 3.51. The summed E-state index contributed by atoms with van der Waals surface area (Å²) in [5.74, 6) is -0.0872. The first-order valence-electron chi connectivity index (χ1n) is 4.64. The lowest BCUT2D eigenvalue weighted by atomic mass is 10.1. The maximum atomic E-state index is 13.1. The van der Waals surface area contributed by atoms with Crippen molar-refractivity contribution in [2.45, 2.75) is 0 Å². The van der Waals surface area contributed by atoms with E-state index in [1.807, 2.05) is 6.07 Å². The zero-order valence-electron chi connectivity index (χ0n) is 7.79. The van der Waals surface area contributed by atoms with Crippen LogP contribution in [0.25, 0.3) is 21.8 Å². The number of hydrogen-bond donors (Lipinski definition) is 2. The van der Waals surface area contributed by atoms with Gasteiger partial charge in [-0.2, -0.15) is 0 Å². The van der Waals surface area contributed by atoms with Gasteiger partial charge in [-0.15, -0.1) is 0 Å². The highest BCUT2D eigenvalue weighted by atomic mass is 19.1. The van der Waals surface area contributed by atoms with Crippen LogP contribution in [0.2, 0.25) is 0 Å². The number of aromatic nitrogens is 1. The molecule has 0 saturated carbocycles. The third-order valence-corrected chi connectivity index (χ3v) is 2.57. The molecule has 1 aromatic heterocycles. The van der Waals surface area contributed by atoms with E-state index in [-0.39, 0.29) is 11.6 Å². The summed E-state index contributed by atoms with van der Waals surface area (Å²) in [6.45, 7) is 0. The number of phenols is 1. The number of phenolic OH excluding ortho intramolecular Hbond substituents is 1. The number of benzene rings is 2. The van der Waals surface area contributed by atoms with Gasteiger partial charge in [-0.1, -0.05) is 12.1 Å². The highest BCUT2D eigenvalue weighted by Gasteiger charge is 2.07. The third-order valence-electron chi connectivity index (χ3n) is 2.57. The lowest BCUT2D eigenvalue weighted by molar-refractivity contribution is 0.480. The fourth-order valence-corrected chi connectivity index (χ4v) is 1.88. The second-order valence-electron chi connectivity index (χ2n) is 3.51. The number of fused-ring (bicyclic) bond motifs is 3. The minimum atomic E-state index is -0.272. The fraction of sp³-hybridized carbons (Fsp3) is 0. The van der Waals surface area contributed by atoms with E-state index in [0.29, 0.717) is 5.52 Å². The number of hydrogen-bond acceptors (Lipinski definition) is 1. The SMILES string of the molecule is Oc1cccc2c1[nH]c1ccc(F)cc12. The van der Waals surface area contributed by atoms with Crippen LogP contribution in [0.4, 0.5) is 4.39 Å². The largest absolute Gasteiger partial charge is 0.506 e. The van der Waals surface area contributed by atoms with Gasteiger partial charge in [-0.3, -0.25) is 0 Å². The van der Waals surface area contributed by atoms with Crippen LogP contribution in [0.3, 0.4) is 0 Å². The van der Waals surface area contributed by atoms with E-state index in [1.54, 1.807) is 18.2 Å². The van der Waals surface area contributed by atoms with Crippen molar-refractivity contribution in [3.8, 4) is 5.75 Å². The predicted molar refractivity (Wildman–Crippen MR) is 57.4 cm³/mol. The molecular weight excluding hydrogens is 193 g/mol. The summed E-state index contributed by atoms with van der Waals surface area (Å²) in [7, 11) is 0. The van der Waals surface area contributed by atoms with E-state index < -0.39 is 0 Å². The Morgan fingerprint density at radius 1 is 1.07 bits per heavy atom. The minimum Gasteiger partial charge on any atom is -0.506 e. The van der Waals surface area contributed by atoms with E-state index in [4.69, 9.17) is 0 Å². The smallest absolute Gasteiger partial charge is 0.139 e. The van der Waals surface area contributed by atoms with Crippen molar-refractivity contribution in [3.05, 3.63) is 42.2 Å². The molecule has 0 aliphatic carbocycles. The molecule has 3 heteroatoms. The standard InChI is InChI=1S/C12H8FNO/c13-7-4-5-10-9(6-7)8-2-1-3-11(15)12(8)14-10/h1-6,14-15H. The molecule has 2 N–H and O–H groups in total. The molecule has 0 saturated heterocycles. The van der Waals surface area contributed by atoms with Crippen LogP contribution in [0, 0.1) is 5.82 Å². The molecule has 0 unspecified atom stereocenters. The van der Waals surface area contributed by atoms with Crippen LogP contribution in [-0.4, -0.2) is 10.1 Å². The first-order chi connectivity index (χ1) is 7.25. The predicted octanol–water partition coefficient (Wildman–Crippen LogP) is 3.17. The molecule has 0 atom stereocenters. The van der Waals surface area contributed by atoms with Gasteiger partial charge >= 0.3 is 0 Å². The van der Waals surface area contributed by atoms with Crippen molar-refractivity contribution in [2.75, 3.05) is 0 Å². The number of nitrogens with one attached hydrogen (secondary N) is 1. The Bertz CT molecular complexity index is 657. The third kappa shape index (κ3) is 1.09. The summed E-state index contributed by atoms with van der Waals surface area (Å²) in [5.41, 5.74) is 1.48. The van der Waals surface area contributed by atoms with Crippen LogP contribution in [-0.2, 0) is 0 Å². The molecule has 3 aromatic rings. The number of para-hydroxylation sites is 1. The van der Waals surface area contributed by atoms with E-state index in [1.165, 1.54) is 12.1 Å². The molecular formula is C12H8FNO. The first kappa shape index (κ1) is 8.29. The molecule has 0 fully saturated rings. The fourth-order valence-electron chi connectivity index (χ4n) is 1.88. The summed E-state index contributed by atoms with van der Waals surface area (Å²) < 4.78 is 13.1. The summed E-state index contributed by atoms with van der Waals surface area (Å²) in [5, 5.41) is 11.2. The second kappa shape index (κ2) is 2.73. The Morgan fingerprint density at radius 3 is 2.80 bits per heavy atom. The first-order valence-corrected chi connectivity index (χ1v) is 4.64. The molecule has 0 amide bonds. The Morgan fingerprint density at radius 2 is 1.93 bits per heavy atom. The number of H-pyrrole nitrogens is 1. The normalized spacial score (nSPS) is 11.3. The lowest BCUT2D eigenvalue weighted by Gasteiger charge is -1.93. The molecule has 0 spiro atoms. The highest BCUT2D eigenvalue weighted by Crippen LogP contribution is 2.30. The van der Waals surface area contributed by atoms with Crippen LogP contribution < -0.4 is 0 Å². The van der Waals surface area contributed by atoms with Gasteiger partial charge in [0.2, 0.25) is 0 Å². The number of halogens is 1. The maximum absolute atomic E-state index is 13.1. The van der Waals surface area contributed by atoms with Crippen molar-refractivity contribution < 1.29 is 9.50 Å². The molecule has 15 heavy (non-hydrogen) atoms. The van der Waals surface area contributed by atoms with Gasteiger partial charge in [-0.25, -0.2) is 4.39 Å². The Labute approximate surface area is 85.0 Å².